The Morgan fingerprint density at radius 1 is 0.950 bits per heavy atom. The molecule has 98 valence electrons. The van der Waals surface area contributed by atoms with Crippen molar-refractivity contribution in [2.45, 2.75) is 0 Å². The van der Waals surface area contributed by atoms with Crippen LogP contribution in [-0.2, 0) is 11.4 Å². The Balaban J connectivity index is 0.000000359. The SMILES string of the molecule is Nc1cccc2cc3ccccc3cc12.O=S([O-])O.[Na+]. The summed E-state index contributed by atoms with van der Waals surface area (Å²) < 4.78 is 24.1. The van der Waals surface area contributed by atoms with Crippen LogP contribution < -0.4 is 35.3 Å². The minimum atomic E-state index is -2.86. The smallest absolute Gasteiger partial charge is 0.750 e. The summed E-state index contributed by atoms with van der Waals surface area (Å²) in [6.45, 7) is 0. The van der Waals surface area contributed by atoms with Crippen LogP contribution in [-0.4, -0.2) is 13.3 Å². The summed E-state index contributed by atoms with van der Waals surface area (Å²) in [5.74, 6) is 0. The summed E-state index contributed by atoms with van der Waals surface area (Å²) in [7, 11) is 0. The van der Waals surface area contributed by atoms with Crippen LogP contribution in [0.3, 0.4) is 0 Å². The van der Waals surface area contributed by atoms with Gasteiger partial charge in [-0.05, 0) is 34.4 Å². The van der Waals surface area contributed by atoms with Crippen molar-refractivity contribution in [3.63, 3.8) is 0 Å². The Kier molecular flexibility index (Phi) is 6.61. The molecule has 0 radical (unpaired) electrons. The van der Waals surface area contributed by atoms with Crippen LogP contribution in [0.4, 0.5) is 5.69 Å². The van der Waals surface area contributed by atoms with Crippen molar-refractivity contribution in [1.82, 2.24) is 0 Å². The van der Waals surface area contributed by atoms with Gasteiger partial charge in [-0.2, -0.15) is 0 Å². The van der Waals surface area contributed by atoms with Crippen molar-refractivity contribution in [1.29, 1.82) is 0 Å². The van der Waals surface area contributed by atoms with Gasteiger partial charge in [0.1, 0.15) is 0 Å². The fraction of sp³-hybridized carbons (Fsp3) is 0. The summed E-state index contributed by atoms with van der Waals surface area (Å²) >= 11 is -2.86. The Morgan fingerprint density at radius 2 is 1.45 bits per heavy atom. The summed E-state index contributed by atoms with van der Waals surface area (Å²) in [4.78, 5) is 0. The van der Waals surface area contributed by atoms with Crippen LogP contribution in [0.2, 0.25) is 0 Å². The van der Waals surface area contributed by atoms with Crippen LogP contribution >= 0.6 is 0 Å². The van der Waals surface area contributed by atoms with Gasteiger partial charge in [0.05, 0.1) is 11.4 Å². The van der Waals surface area contributed by atoms with E-state index < -0.39 is 11.4 Å². The zero-order valence-corrected chi connectivity index (χ0v) is 13.8. The normalized spacial score (nSPS) is 11.3. The maximum absolute atomic E-state index is 8.56. The molecule has 1 atom stereocenters. The minimum Gasteiger partial charge on any atom is -0.750 e. The molecule has 3 aromatic rings. The third-order valence-corrected chi connectivity index (χ3v) is 2.78. The first-order valence-corrected chi connectivity index (χ1v) is 6.56. The van der Waals surface area contributed by atoms with E-state index in [2.05, 4.69) is 36.4 Å². The molecule has 0 bridgehead atoms. The predicted octanol–water partition coefficient (Wildman–Crippen LogP) is -0.0823. The maximum Gasteiger partial charge on any atom is 1.00 e. The van der Waals surface area contributed by atoms with Gasteiger partial charge < -0.3 is 14.8 Å². The van der Waals surface area contributed by atoms with Gasteiger partial charge in [-0.15, -0.1) is 0 Å². The molecule has 0 spiro atoms. The number of benzene rings is 3. The third-order valence-electron chi connectivity index (χ3n) is 2.78. The summed E-state index contributed by atoms with van der Waals surface area (Å²) in [6, 6.07) is 18.7. The molecule has 0 aliphatic heterocycles. The van der Waals surface area contributed by atoms with Crippen molar-refractivity contribution in [2.24, 2.45) is 0 Å². The molecule has 1 unspecified atom stereocenters. The van der Waals surface area contributed by atoms with Gasteiger partial charge in [-0.3, -0.25) is 0 Å². The van der Waals surface area contributed by atoms with Crippen LogP contribution in [0, 0.1) is 0 Å². The van der Waals surface area contributed by atoms with Gasteiger partial charge in [0, 0.05) is 11.1 Å². The van der Waals surface area contributed by atoms with Crippen LogP contribution in [0.5, 0.6) is 0 Å². The second kappa shape index (κ2) is 7.73. The van der Waals surface area contributed by atoms with Gasteiger partial charge >= 0.3 is 29.6 Å². The molecular weight excluding hydrogens is 285 g/mol. The van der Waals surface area contributed by atoms with E-state index in [1.54, 1.807) is 0 Å². The average molecular weight is 297 g/mol. The Hall–Kier alpha value is -0.950. The van der Waals surface area contributed by atoms with Gasteiger partial charge in [-0.1, -0.05) is 36.4 Å². The molecule has 20 heavy (non-hydrogen) atoms. The van der Waals surface area contributed by atoms with Gasteiger partial charge in [0.15, 0.2) is 0 Å². The number of hydrogen-bond donors (Lipinski definition) is 2. The molecule has 0 saturated carbocycles. The van der Waals surface area contributed by atoms with Crippen molar-refractivity contribution < 1.29 is 42.9 Å². The Bertz CT molecular complexity index is 745. The van der Waals surface area contributed by atoms with Gasteiger partial charge in [0.2, 0.25) is 0 Å². The summed E-state index contributed by atoms with van der Waals surface area (Å²) in [5, 5.41) is 4.84. The van der Waals surface area contributed by atoms with E-state index in [4.69, 9.17) is 19.0 Å². The molecule has 3 N–H and O–H groups in total. The molecule has 3 aromatic carbocycles. The third kappa shape index (κ3) is 4.28. The van der Waals surface area contributed by atoms with Crippen LogP contribution in [0.25, 0.3) is 21.5 Å². The molecule has 0 fully saturated rings. The zero-order chi connectivity index (χ0) is 13.8. The first-order valence-electron chi connectivity index (χ1n) is 5.53. The van der Waals surface area contributed by atoms with E-state index in [9.17, 15) is 0 Å². The maximum atomic E-state index is 8.56. The van der Waals surface area contributed by atoms with E-state index in [0.29, 0.717) is 0 Å². The van der Waals surface area contributed by atoms with Crippen molar-refractivity contribution in [2.75, 3.05) is 5.73 Å². The van der Waals surface area contributed by atoms with Gasteiger partial charge in [0.25, 0.3) is 0 Å². The van der Waals surface area contributed by atoms with E-state index in [1.807, 2.05) is 18.2 Å². The molecule has 0 aliphatic carbocycles. The molecular formula is C14H12NNaO3S. The van der Waals surface area contributed by atoms with E-state index in [0.717, 1.165) is 11.1 Å². The quantitative estimate of drug-likeness (QED) is 0.263. The fourth-order valence-corrected chi connectivity index (χ4v) is 1.99. The summed E-state index contributed by atoms with van der Waals surface area (Å²) in [5.41, 5.74) is 6.79. The molecule has 6 heteroatoms. The predicted molar refractivity (Wildman–Crippen MR) is 77.4 cm³/mol. The molecule has 3 rings (SSSR count). The number of anilines is 1. The number of hydrogen-bond acceptors (Lipinski definition) is 3. The molecule has 0 aromatic heterocycles. The molecule has 0 saturated heterocycles. The Morgan fingerprint density at radius 3 is 2.05 bits per heavy atom. The van der Waals surface area contributed by atoms with Crippen LogP contribution in [0.15, 0.2) is 54.6 Å². The van der Waals surface area contributed by atoms with Gasteiger partial charge in [-0.25, -0.2) is 4.21 Å². The van der Waals surface area contributed by atoms with E-state index >= 15 is 0 Å². The van der Waals surface area contributed by atoms with E-state index in [-0.39, 0.29) is 29.6 Å². The Labute approximate surface area is 141 Å². The monoisotopic (exact) mass is 297 g/mol. The molecule has 0 aliphatic rings. The molecule has 0 heterocycles. The summed E-state index contributed by atoms with van der Waals surface area (Å²) in [6.07, 6.45) is 0. The number of fused-ring (bicyclic) bond motifs is 2. The average Bonchev–Trinajstić information content (AvgIpc) is 2.37. The van der Waals surface area contributed by atoms with E-state index in [1.165, 1.54) is 16.2 Å². The first kappa shape index (κ1) is 17.1. The fourth-order valence-electron chi connectivity index (χ4n) is 1.99. The zero-order valence-electron chi connectivity index (χ0n) is 10.9. The second-order valence-electron chi connectivity index (χ2n) is 3.98. The van der Waals surface area contributed by atoms with Crippen molar-refractivity contribution in [3.05, 3.63) is 54.6 Å². The number of rotatable bonds is 0. The second-order valence-corrected chi connectivity index (χ2v) is 4.42. The minimum absolute atomic E-state index is 0. The largest absolute Gasteiger partial charge is 1.00 e. The molecule has 0 amide bonds. The van der Waals surface area contributed by atoms with Crippen LogP contribution in [0.1, 0.15) is 0 Å². The number of nitrogen functional groups attached to an aromatic ring is 1. The van der Waals surface area contributed by atoms with Crippen molar-refractivity contribution >= 4 is 38.6 Å². The number of nitrogens with two attached hydrogens (primary N) is 1. The first-order chi connectivity index (χ1) is 9.08. The molecule has 4 nitrogen and oxygen atoms in total. The van der Waals surface area contributed by atoms with Crippen molar-refractivity contribution in [3.8, 4) is 0 Å². The standard InChI is InChI=1S/C14H11N.Na.H2O3S/c15-14-7-3-6-12-8-10-4-1-2-5-11(10)9-13(12)14;;1-4(2)3/h1-9H,15H2;;(H2,1,2,3)/q;+1;/p-1. The topological polar surface area (TPSA) is 86.4 Å².